The molecule has 0 spiro atoms. The Morgan fingerprint density at radius 3 is 2.44 bits per heavy atom. The van der Waals surface area contributed by atoms with Crippen molar-refractivity contribution in [3.63, 3.8) is 0 Å². The van der Waals surface area contributed by atoms with Crippen LogP contribution in [0.3, 0.4) is 0 Å². The molecule has 0 amide bonds. The van der Waals surface area contributed by atoms with E-state index in [-0.39, 0.29) is 11.3 Å². The van der Waals surface area contributed by atoms with E-state index in [1.165, 1.54) is 6.07 Å². The maximum absolute atomic E-state index is 11.7. The van der Waals surface area contributed by atoms with Crippen molar-refractivity contribution < 1.29 is 39.8 Å². The van der Waals surface area contributed by atoms with Gasteiger partial charge in [0.25, 0.3) is 0 Å². The molecule has 2 aromatic rings. The summed E-state index contributed by atoms with van der Waals surface area (Å²) in [6, 6.07) is 9.91. The fourth-order valence-electron chi connectivity index (χ4n) is 2.86. The van der Waals surface area contributed by atoms with Crippen LogP contribution in [0, 0.1) is 0 Å². The Balaban J connectivity index is 1.97. The summed E-state index contributed by atoms with van der Waals surface area (Å²) < 4.78 is 10.7. The van der Waals surface area contributed by atoms with E-state index in [2.05, 4.69) is 0 Å². The third-order valence-corrected chi connectivity index (χ3v) is 4.20. The summed E-state index contributed by atoms with van der Waals surface area (Å²) in [5.41, 5.74) is -0.116. The standard InChI is InChI=1S/C17H18O8/c18-7-11-13(19)14(20)15(21)17(25-11)24-10-6-5-8-3-1-2-4-9(8)12(10)16(22)23/h1-6,11,13-15,17-21H,7H2,(H,22,23)/t11-,13-,14+,15-,17+/m1/s1. The first-order valence-electron chi connectivity index (χ1n) is 7.66. The van der Waals surface area contributed by atoms with Crippen molar-refractivity contribution in [3.8, 4) is 5.75 Å². The second kappa shape index (κ2) is 6.95. The molecular weight excluding hydrogens is 332 g/mol. The van der Waals surface area contributed by atoms with E-state index in [0.29, 0.717) is 10.8 Å². The number of carboxylic acid groups (broad SMARTS) is 1. The van der Waals surface area contributed by atoms with Gasteiger partial charge >= 0.3 is 5.97 Å². The first kappa shape index (κ1) is 17.6. The number of rotatable bonds is 4. The Kier molecular flexibility index (Phi) is 4.89. The van der Waals surface area contributed by atoms with Crippen molar-refractivity contribution in [3.05, 3.63) is 42.0 Å². The van der Waals surface area contributed by atoms with Crippen LogP contribution in [-0.4, -0.2) is 68.8 Å². The Hall–Kier alpha value is -2.23. The van der Waals surface area contributed by atoms with Crippen LogP contribution in [0.5, 0.6) is 5.75 Å². The summed E-state index contributed by atoms with van der Waals surface area (Å²) in [4.78, 5) is 11.7. The molecule has 8 heteroatoms. The minimum Gasteiger partial charge on any atom is -0.478 e. The van der Waals surface area contributed by atoms with Crippen LogP contribution in [0.4, 0.5) is 0 Å². The van der Waals surface area contributed by atoms with Gasteiger partial charge in [-0.1, -0.05) is 30.3 Å². The number of aliphatic hydroxyl groups is 4. The molecule has 0 bridgehead atoms. The lowest BCUT2D eigenvalue weighted by molar-refractivity contribution is -0.277. The van der Waals surface area contributed by atoms with Crippen molar-refractivity contribution in [2.24, 2.45) is 0 Å². The predicted molar refractivity (Wildman–Crippen MR) is 85.3 cm³/mol. The summed E-state index contributed by atoms with van der Waals surface area (Å²) in [5, 5.41) is 49.5. The molecule has 0 aliphatic carbocycles. The van der Waals surface area contributed by atoms with E-state index in [0.717, 1.165) is 0 Å². The van der Waals surface area contributed by atoms with Crippen molar-refractivity contribution >= 4 is 16.7 Å². The molecule has 0 radical (unpaired) electrons. The third kappa shape index (κ3) is 3.17. The van der Waals surface area contributed by atoms with E-state index < -0.39 is 43.3 Å². The maximum Gasteiger partial charge on any atom is 0.340 e. The number of benzene rings is 2. The van der Waals surface area contributed by atoms with Gasteiger partial charge in [-0.05, 0) is 16.8 Å². The number of hydrogen-bond donors (Lipinski definition) is 5. The van der Waals surface area contributed by atoms with Gasteiger partial charge in [0.15, 0.2) is 0 Å². The van der Waals surface area contributed by atoms with Gasteiger partial charge in [-0.25, -0.2) is 4.79 Å². The van der Waals surface area contributed by atoms with E-state index >= 15 is 0 Å². The van der Waals surface area contributed by atoms with Gasteiger partial charge in [-0.15, -0.1) is 0 Å². The highest BCUT2D eigenvalue weighted by atomic mass is 16.7. The van der Waals surface area contributed by atoms with Gasteiger partial charge in [0, 0.05) is 0 Å². The number of aromatic carboxylic acids is 1. The van der Waals surface area contributed by atoms with E-state index in [9.17, 15) is 30.3 Å². The average Bonchev–Trinajstić information content (AvgIpc) is 2.61. The summed E-state index contributed by atoms with van der Waals surface area (Å²) in [6.07, 6.45) is -7.34. The SMILES string of the molecule is O=C(O)c1c(O[C@H]2O[C@H](CO)[C@@H](O)[C@H](O)[C@H]2O)ccc2ccccc12. The second-order valence-corrected chi connectivity index (χ2v) is 5.78. The molecule has 5 atom stereocenters. The summed E-state index contributed by atoms with van der Waals surface area (Å²) >= 11 is 0. The molecule has 0 unspecified atom stereocenters. The number of hydrogen-bond acceptors (Lipinski definition) is 7. The Morgan fingerprint density at radius 2 is 1.76 bits per heavy atom. The molecule has 134 valence electrons. The molecule has 1 aliphatic rings. The van der Waals surface area contributed by atoms with Gasteiger partial charge in [0.2, 0.25) is 6.29 Å². The third-order valence-electron chi connectivity index (χ3n) is 4.20. The van der Waals surface area contributed by atoms with Crippen LogP contribution >= 0.6 is 0 Å². The van der Waals surface area contributed by atoms with Gasteiger partial charge in [-0.3, -0.25) is 0 Å². The lowest BCUT2D eigenvalue weighted by Crippen LogP contribution is -2.60. The quantitative estimate of drug-likeness (QED) is 0.508. The van der Waals surface area contributed by atoms with Crippen LogP contribution in [0.25, 0.3) is 10.8 Å². The van der Waals surface area contributed by atoms with Crippen LogP contribution in [0.2, 0.25) is 0 Å². The fourth-order valence-corrected chi connectivity index (χ4v) is 2.86. The van der Waals surface area contributed by atoms with Crippen molar-refractivity contribution in [2.75, 3.05) is 6.61 Å². The molecule has 25 heavy (non-hydrogen) atoms. The zero-order valence-electron chi connectivity index (χ0n) is 13.0. The molecule has 0 saturated carbocycles. The highest BCUT2D eigenvalue weighted by Crippen LogP contribution is 2.31. The van der Waals surface area contributed by atoms with Crippen LogP contribution in [-0.2, 0) is 4.74 Å². The normalized spacial score (nSPS) is 29.5. The minimum atomic E-state index is -1.62. The largest absolute Gasteiger partial charge is 0.478 e. The maximum atomic E-state index is 11.7. The molecule has 2 aromatic carbocycles. The number of fused-ring (bicyclic) bond motifs is 1. The molecular formula is C17H18O8. The van der Waals surface area contributed by atoms with E-state index in [1.807, 2.05) is 0 Å². The molecule has 8 nitrogen and oxygen atoms in total. The number of carboxylic acids is 1. The van der Waals surface area contributed by atoms with Gasteiger partial charge in [0.1, 0.15) is 35.7 Å². The fraction of sp³-hybridized carbons (Fsp3) is 0.353. The lowest BCUT2D eigenvalue weighted by Gasteiger charge is -2.39. The lowest BCUT2D eigenvalue weighted by atomic mass is 9.99. The topological polar surface area (TPSA) is 137 Å². The van der Waals surface area contributed by atoms with Crippen molar-refractivity contribution in [2.45, 2.75) is 30.7 Å². The highest BCUT2D eigenvalue weighted by molar-refractivity contribution is 6.06. The Bertz CT molecular complexity index is 774. The average molecular weight is 350 g/mol. The number of carbonyl (C=O) groups is 1. The summed E-state index contributed by atoms with van der Waals surface area (Å²) in [6.45, 7) is -0.603. The summed E-state index contributed by atoms with van der Waals surface area (Å²) in [5.74, 6) is -1.29. The van der Waals surface area contributed by atoms with Crippen molar-refractivity contribution in [1.82, 2.24) is 0 Å². The first-order chi connectivity index (χ1) is 11.9. The molecule has 5 N–H and O–H groups in total. The summed E-state index contributed by atoms with van der Waals surface area (Å²) in [7, 11) is 0. The molecule has 0 aromatic heterocycles. The van der Waals surface area contributed by atoms with Gasteiger partial charge in [-0.2, -0.15) is 0 Å². The Labute approximate surface area is 142 Å². The molecule has 1 fully saturated rings. The van der Waals surface area contributed by atoms with Gasteiger partial charge < -0.3 is 35.0 Å². The van der Waals surface area contributed by atoms with Crippen LogP contribution < -0.4 is 4.74 Å². The predicted octanol–water partition coefficient (Wildman–Crippen LogP) is -0.283. The highest BCUT2D eigenvalue weighted by Gasteiger charge is 2.45. The van der Waals surface area contributed by atoms with Crippen LogP contribution in [0.15, 0.2) is 36.4 Å². The van der Waals surface area contributed by atoms with E-state index in [4.69, 9.17) is 9.47 Å². The van der Waals surface area contributed by atoms with Crippen LogP contribution in [0.1, 0.15) is 10.4 Å². The first-order valence-corrected chi connectivity index (χ1v) is 7.66. The number of aliphatic hydroxyl groups excluding tert-OH is 4. The van der Waals surface area contributed by atoms with Crippen molar-refractivity contribution in [1.29, 1.82) is 0 Å². The smallest absolute Gasteiger partial charge is 0.340 e. The van der Waals surface area contributed by atoms with Gasteiger partial charge in [0.05, 0.1) is 6.61 Å². The molecule has 1 heterocycles. The molecule has 1 saturated heterocycles. The van der Waals surface area contributed by atoms with E-state index in [1.54, 1.807) is 30.3 Å². The monoisotopic (exact) mass is 350 g/mol. The molecule has 3 rings (SSSR count). The minimum absolute atomic E-state index is 0.0597. The second-order valence-electron chi connectivity index (χ2n) is 5.78. The molecule has 1 aliphatic heterocycles. The Morgan fingerprint density at radius 1 is 1.04 bits per heavy atom. The zero-order valence-corrected chi connectivity index (χ0v) is 13.0. The number of ether oxygens (including phenoxy) is 2. The zero-order chi connectivity index (χ0) is 18.1.